The Morgan fingerprint density at radius 1 is 1.40 bits per heavy atom. The number of alkyl halides is 2. The minimum absolute atomic E-state index is 0.0717. The first-order chi connectivity index (χ1) is 9.47. The van der Waals surface area contributed by atoms with Crippen molar-refractivity contribution in [3.05, 3.63) is 12.1 Å². The van der Waals surface area contributed by atoms with Crippen molar-refractivity contribution in [1.82, 2.24) is 9.97 Å². The highest BCUT2D eigenvalue weighted by molar-refractivity contribution is 5.91. The standard InChI is InChI=1S/C12H11F2N3O3/c1-2-3-10(18)17-11-15-6-4-8-9(5-7(6)16-11)20-12(13,14)19-8/h4-5H,2-3H2,1H3,(H2,15,16,17,18). The average molecular weight is 283 g/mol. The number of ether oxygens (including phenoxy) is 2. The summed E-state index contributed by atoms with van der Waals surface area (Å²) in [6, 6.07) is 2.69. The van der Waals surface area contributed by atoms with Gasteiger partial charge < -0.3 is 14.5 Å². The molecule has 0 atom stereocenters. The molecule has 2 heterocycles. The Labute approximate surface area is 112 Å². The number of hydrogen-bond acceptors (Lipinski definition) is 4. The van der Waals surface area contributed by atoms with E-state index in [1.54, 1.807) is 0 Å². The second kappa shape index (κ2) is 4.32. The summed E-state index contributed by atoms with van der Waals surface area (Å²) in [4.78, 5) is 18.4. The predicted octanol–water partition coefficient (Wildman–Crippen LogP) is 2.62. The van der Waals surface area contributed by atoms with Gasteiger partial charge in [0.25, 0.3) is 0 Å². The Morgan fingerprint density at radius 2 is 2.10 bits per heavy atom. The van der Waals surface area contributed by atoms with Crippen LogP contribution in [0.15, 0.2) is 12.1 Å². The quantitative estimate of drug-likeness (QED) is 0.907. The number of benzene rings is 1. The van der Waals surface area contributed by atoms with Gasteiger partial charge in [0.15, 0.2) is 11.5 Å². The zero-order valence-corrected chi connectivity index (χ0v) is 10.5. The van der Waals surface area contributed by atoms with Gasteiger partial charge in [0.2, 0.25) is 11.9 Å². The topological polar surface area (TPSA) is 76.2 Å². The molecule has 1 aromatic carbocycles. The van der Waals surface area contributed by atoms with Gasteiger partial charge in [-0.3, -0.25) is 10.1 Å². The molecule has 0 unspecified atom stereocenters. The summed E-state index contributed by atoms with van der Waals surface area (Å²) in [5, 5.41) is 2.59. The molecule has 1 aliphatic heterocycles. The number of amides is 1. The van der Waals surface area contributed by atoms with Crippen LogP contribution in [0.5, 0.6) is 11.5 Å². The lowest BCUT2D eigenvalue weighted by Crippen LogP contribution is -2.25. The number of fused-ring (bicyclic) bond motifs is 2. The molecule has 1 amide bonds. The third-order valence-corrected chi connectivity index (χ3v) is 2.74. The van der Waals surface area contributed by atoms with Crippen molar-refractivity contribution in [3.8, 4) is 11.5 Å². The van der Waals surface area contributed by atoms with Crippen molar-refractivity contribution in [2.75, 3.05) is 5.32 Å². The van der Waals surface area contributed by atoms with Crippen LogP contribution in [0.1, 0.15) is 19.8 Å². The average Bonchev–Trinajstić information content (AvgIpc) is 2.82. The van der Waals surface area contributed by atoms with Crippen LogP contribution >= 0.6 is 0 Å². The number of hydrogen-bond donors (Lipinski definition) is 2. The number of aromatic amines is 1. The summed E-state index contributed by atoms with van der Waals surface area (Å²) in [5.74, 6) is -0.0648. The molecular formula is C12H11F2N3O3. The molecule has 8 heteroatoms. The summed E-state index contributed by atoms with van der Waals surface area (Å²) in [5.41, 5.74) is 0.869. The highest BCUT2D eigenvalue weighted by Gasteiger charge is 2.43. The van der Waals surface area contributed by atoms with Crippen LogP contribution < -0.4 is 14.8 Å². The van der Waals surface area contributed by atoms with Crippen LogP contribution in [0, 0.1) is 0 Å². The second-order valence-corrected chi connectivity index (χ2v) is 4.37. The third kappa shape index (κ3) is 2.24. The van der Waals surface area contributed by atoms with E-state index in [4.69, 9.17) is 0 Å². The van der Waals surface area contributed by atoms with Crippen LogP contribution in [0.3, 0.4) is 0 Å². The first-order valence-corrected chi connectivity index (χ1v) is 6.06. The molecule has 106 valence electrons. The fraction of sp³-hybridized carbons (Fsp3) is 0.333. The van der Waals surface area contributed by atoms with Crippen molar-refractivity contribution in [2.24, 2.45) is 0 Å². The van der Waals surface area contributed by atoms with E-state index in [-0.39, 0.29) is 23.4 Å². The zero-order valence-electron chi connectivity index (χ0n) is 10.5. The van der Waals surface area contributed by atoms with E-state index < -0.39 is 6.29 Å². The van der Waals surface area contributed by atoms with Gasteiger partial charge in [0, 0.05) is 18.6 Å². The molecule has 0 saturated heterocycles. The number of imidazole rings is 1. The lowest BCUT2D eigenvalue weighted by Gasteiger charge is -2.04. The van der Waals surface area contributed by atoms with Gasteiger partial charge in [-0.15, -0.1) is 8.78 Å². The van der Waals surface area contributed by atoms with Crippen molar-refractivity contribution < 1.29 is 23.0 Å². The van der Waals surface area contributed by atoms with Crippen LogP contribution in [0.25, 0.3) is 11.0 Å². The number of nitrogens with zero attached hydrogens (tertiary/aromatic N) is 1. The molecule has 0 aliphatic carbocycles. The smallest absolute Gasteiger partial charge is 0.395 e. The van der Waals surface area contributed by atoms with Crippen molar-refractivity contribution in [2.45, 2.75) is 26.1 Å². The predicted molar refractivity (Wildman–Crippen MR) is 65.8 cm³/mol. The fourth-order valence-corrected chi connectivity index (χ4v) is 1.93. The molecule has 3 rings (SSSR count). The highest BCUT2D eigenvalue weighted by Crippen LogP contribution is 2.42. The van der Waals surface area contributed by atoms with Gasteiger partial charge in [-0.25, -0.2) is 4.98 Å². The number of nitrogens with one attached hydrogen (secondary N) is 2. The van der Waals surface area contributed by atoms with Crippen LogP contribution in [-0.2, 0) is 4.79 Å². The largest absolute Gasteiger partial charge is 0.586 e. The number of rotatable bonds is 3. The molecule has 1 aromatic heterocycles. The van der Waals surface area contributed by atoms with E-state index in [2.05, 4.69) is 24.8 Å². The molecule has 0 fully saturated rings. The summed E-state index contributed by atoms with van der Waals surface area (Å²) < 4.78 is 34.5. The minimum atomic E-state index is -3.65. The molecule has 0 bridgehead atoms. The first-order valence-electron chi connectivity index (χ1n) is 6.06. The maximum Gasteiger partial charge on any atom is 0.586 e. The van der Waals surface area contributed by atoms with Gasteiger partial charge in [-0.1, -0.05) is 6.92 Å². The van der Waals surface area contributed by atoms with Crippen molar-refractivity contribution in [1.29, 1.82) is 0 Å². The molecule has 20 heavy (non-hydrogen) atoms. The van der Waals surface area contributed by atoms with E-state index in [1.165, 1.54) is 12.1 Å². The molecule has 1 aliphatic rings. The number of H-pyrrole nitrogens is 1. The maximum absolute atomic E-state index is 12.9. The Kier molecular flexibility index (Phi) is 2.73. The van der Waals surface area contributed by atoms with Crippen LogP contribution in [-0.4, -0.2) is 22.2 Å². The summed E-state index contributed by atoms with van der Waals surface area (Å²) in [6.07, 6.45) is -2.55. The molecule has 2 N–H and O–H groups in total. The Hall–Kier alpha value is -2.38. The first kappa shape index (κ1) is 12.6. The van der Waals surface area contributed by atoms with E-state index >= 15 is 0 Å². The number of halogens is 2. The number of aromatic nitrogens is 2. The van der Waals surface area contributed by atoms with E-state index in [9.17, 15) is 13.6 Å². The number of carbonyl (C=O) groups excluding carboxylic acids is 1. The highest BCUT2D eigenvalue weighted by atomic mass is 19.3. The number of anilines is 1. The van der Waals surface area contributed by atoms with E-state index in [1.807, 2.05) is 6.92 Å². The Balaban J connectivity index is 1.89. The van der Waals surface area contributed by atoms with Crippen LogP contribution in [0.2, 0.25) is 0 Å². The normalized spacial score (nSPS) is 15.6. The maximum atomic E-state index is 12.9. The van der Waals surface area contributed by atoms with Gasteiger partial charge in [0.1, 0.15) is 0 Å². The molecule has 2 aromatic rings. The molecular weight excluding hydrogens is 272 g/mol. The molecule has 6 nitrogen and oxygen atoms in total. The van der Waals surface area contributed by atoms with Crippen molar-refractivity contribution in [3.63, 3.8) is 0 Å². The summed E-state index contributed by atoms with van der Waals surface area (Å²) >= 11 is 0. The zero-order chi connectivity index (χ0) is 14.3. The van der Waals surface area contributed by atoms with Gasteiger partial charge in [-0.2, -0.15) is 0 Å². The lowest BCUT2D eigenvalue weighted by atomic mass is 10.3. The molecule has 0 spiro atoms. The van der Waals surface area contributed by atoms with Gasteiger partial charge >= 0.3 is 6.29 Å². The number of carbonyl (C=O) groups is 1. The summed E-state index contributed by atoms with van der Waals surface area (Å²) in [6.45, 7) is 1.89. The van der Waals surface area contributed by atoms with E-state index in [0.29, 0.717) is 17.5 Å². The molecule has 0 saturated carbocycles. The van der Waals surface area contributed by atoms with Crippen LogP contribution in [0.4, 0.5) is 14.7 Å². The third-order valence-electron chi connectivity index (χ3n) is 2.74. The minimum Gasteiger partial charge on any atom is -0.395 e. The SMILES string of the molecule is CCCC(=O)Nc1nc2cc3c(cc2[nH]1)OC(F)(F)O3. The monoisotopic (exact) mass is 283 g/mol. The Morgan fingerprint density at radius 3 is 2.80 bits per heavy atom. The lowest BCUT2D eigenvalue weighted by molar-refractivity contribution is -0.286. The summed E-state index contributed by atoms with van der Waals surface area (Å²) in [7, 11) is 0. The second-order valence-electron chi connectivity index (χ2n) is 4.37. The molecule has 0 radical (unpaired) electrons. The van der Waals surface area contributed by atoms with Crippen molar-refractivity contribution >= 4 is 22.9 Å². The van der Waals surface area contributed by atoms with E-state index in [0.717, 1.165) is 6.42 Å². The van der Waals surface area contributed by atoms with Gasteiger partial charge in [-0.05, 0) is 6.42 Å². The Bertz CT molecular complexity index is 639. The van der Waals surface area contributed by atoms with Gasteiger partial charge in [0.05, 0.1) is 11.0 Å². The fourth-order valence-electron chi connectivity index (χ4n) is 1.93.